The first kappa shape index (κ1) is 13.4. The summed E-state index contributed by atoms with van der Waals surface area (Å²) in [6.07, 6.45) is 2.19. The number of fused-ring (bicyclic) bond motifs is 1. The molecule has 1 aliphatic rings. The molecule has 2 aromatic rings. The van der Waals surface area contributed by atoms with Crippen LogP contribution in [-0.2, 0) is 0 Å². The molecule has 3 heteroatoms. The molecule has 2 aromatic carbocycles. The number of aliphatic hydroxyl groups is 1. The van der Waals surface area contributed by atoms with Gasteiger partial charge in [-0.25, -0.2) is 0 Å². The molecular weight excluding hydrogens is 250 g/mol. The van der Waals surface area contributed by atoms with Gasteiger partial charge >= 0.3 is 0 Å². The Morgan fingerprint density at radius 2 is 1.80 bits per heavy atom. The Hall–Kier alpha value is -1.58. The van der Waals surface area contributed by atoms with Crippen LogP contribution in [0.5, 0.6) is 5.75 Å². The lowest BCUT2D eigenvalue weighted by Gasteiger charge is -2.17. The largest absolute Gasteiger partial charge is 0.491 e. The van der Waals surface area contributed by atoms with E-state index in [0.717, 1.165) is 12.3 Å². The highest BCUT2D eigenvalue weighted by Crippen LogP contribution is 2.20. The molecule has 0 amide bonds. The fourth-order valence-corrected chi connectivity index (χ4v) is 2.92. The third-order valence-corrected chi connectivity index (χ3v) is 4.00. The standard InChI is InChI=1S/C17H21NO2/c19-16(12-18-9-3-4-10-18)13-20-17-8-7-14-5-1-2-6-15(14)11-17/h1-2,5-8,11,16,19H,3-4,9-10,12-13H2/p+1/t16-/m0/s1. The maximum Gasteiger partial charge on any atom is 0.137 e. The number of rotatable bonds is 5. The van der Waals surface area contributed by atoms with Crippen molar-refractivity contribution in [3.8, 4) is 5.75 Å². The predicted octanol–water partition coefficient (Wildman–Crippen LogP) is 1.26. The zero-order valence-electron chi connectivity index (χ0n) is 11.7. The van der Waals surface area contributed by atoms with Crippen molar-refractivity contribution >= 4 is 10.8 Å². The summed E-state index contributed by atoms with van der Waals surface area (Å²) in [5.74, 6) is 0.833. The summed E-state index contributed by atoms with van der Waals surface area (Å²) in [7, 11) is 0. The lowest BCUT2D eigenvalue weighted by molar-refractivity contribution is -0.890. The van der Waals surface area contributed by atoms with Crippen LogP contribution in [-0.4, -0.2) is 37.5 Å². The molecular formula is C17H22NO2+. The quantitative estimate of drug-likeness (QED) is 0.859. The van der Waals surface area contributed by atoms with Crippen molar-refractivity contribution in [2.45, 2.75) is 18.9 Å². The topological polar surface area (TPSA) is 33.9 Å². The lowest BCUT2D eigenvalue weighted by atomic mass is 10.1. The van der Waals surface area contributed by atoms with Gasteiger partial charge < -0.3 is 14.7 Å². The third kappa shape index (κ3) is 3.30. The molecule has 3 nitrogen and oxygen atoms in total. The van der Waals surface area contributed by atoms with Crippen LogP contribution in [0.3, 0.4) is 0 Å². The zero-order chi connectivity index (χ0) is 13.8. The van der Waals surface area contributed by atoms with Crippen LogP contribution in [0.15, 0.2) is 42.5 Å². The summed E-state index contributed by atoms with van der Waals surface area (Å²) in [5, 5.41) is 12.4. The molecule has 1 saturated heterocycles. The van der Waals surface area contributed by atoms with E-state index >= 15 is 0 Å². The van der Waals surface area contributed by atoms with E-state index in [1.165, 1.54) is 41.6 Å². The average molecular weight is 272 g/mol. The second-order valence-electron chi connectivity index (χ2n) is 5.64. The number of quaternary nitrogens is 1. The molecule has 0 aliphatic carbocycles. The van der Waals surface area contributed by atoms with E-state index in [2.05, 4.69) is 18.2 Å². The summed E-state index contributed by atoms with van der Waals surface area (Å²) in [5.41, 5.74) is 0. The molecule has 20 heavy (non-hydrogen) atoms. The third-order valence-electron chi connectivity index (χ3n) is 4.00. The van der Waals surface area contributed by atoms with Gasteiger partial charge in [0.2, 0.25) is 0 Å². The first-order valence-electron chi connectivity index (χ1n) is 7.44. The van der Waals surface area contributed by atoms with Gasteiger partial charge in [-0.15, -0.1) is 0 Å². The predicted molar refractivity (Wildman–Crippen MR) is 80.2 cm³/mol. The van der Waals surface area contributed by atoms with Crippen LogP contribution < -0.4 is 9.64 Å². The Morgan fingerprint density at radius 3 is 2.60 bits per heavy atom. The van der Waals surface area contributed by atoms with Gasteiger partial charge in [0.05, 0.1) is 13.1 Å². The first-order chi connectivity index (χ1) is 9.81. The van der Waals surface area contributed by atoms with E-state index in [1.807, 2.05) is 24.3 Å². The molecule has 0 spiro atoms. The maximum atomic E-state index is 10.0. The minimum absolute atomic E-state index is 0.377. The molecule has 106 valence electrons. The highest BCUT2D eigenvalue weighted by atomic mass is 16.5. The molecule has 2 N–H and O–H groups in total. The number of ether oxygens (including phenoxy) is 1. The summed E-state index contributed by atoms with van der Waals surface area (Å²) in [4.78, 5) is 1.50. The lowest BCUT2D eigenvalue weighted by Crippen LogP contribution is -3.11. The summed E-state index contributed by atoms with van der Waals surface area (Å²) in [6.45, 7) is 3.55. The van der Waals surface area contributed by atoms with Gasteiger partial charge in [0.1, 0.15) is 25.0 Å². The minimum atomic E-state index is -0.380. The van der Waals surface area contributed by atoms with Gasteiger partial charge in [0.15, 0.2) is 0 Å². The van der Waals surface area contributed by atoms with Crippen LogP contribution in [0, 0.1) is 0 Å². The Balaban J connectivity index is 1.56. The highest BCUT2D eigenvalue weighted by molar-refractivity contribution is 5.83. The molecule has 1 atom stereocenters. The second kappa shape index (κ2) is 6.25. The minimum Gasteiger partial charge on any atom is -0.491 e. The van der Waals surface area contributed by atoms with Crippen molar-refractivity contribution in [1.29, 1.82) is 0 Å². The molecule has 1 fully saturated rings. The fraction of sp³-hybridized carbons (Fsp3) is 0.412. The Bertz CT molecular complexity index is 564. The summed E-state index contributed by atoms with van der Waals surface area (Å²) < 4.78 is 5.72. The number of aliphatic hydroxyl groups excluding tert-OH is 1. The highest BCUT2D eigenvalue weighted by Gasteiger charge is 2.19. The Labute approximate surface area is 119 Å². The molecule has 1 heterocycles. The Morgan fingerprint density at radius 1 is 1.05 bits per heavy atom. The molecule has 0 aromatic heterocycles. The molecule has 3 rings (SSSR count). The van der Waals surface area contributed by atoms with Gasteiger partial charge in [0.25, 0.3) is 0 Å². The van der Waals surface area contributed by atoms with Crippen LogP contribution in [0.2, 0.25) is 0 Å². The van der Waals surface area contributed by atoms with Crippen LogP contribution in [0.25, 0.3) is 10.8 Å². The SMILES string of the molecule is O[C@H](COc1ccc2ccccc2c1)C[NH+]1CCCC1. The second-order valence-corrected chi connectivity index (χ2v) is 5.64. The number of nitrogens with one attached hydrogen (secondary N) is 1. The van der Waals surface area contributed by atoms with Crippen molar-refractivity contribution < 1.29 is 14.7 Å². The van der Waals surface area contributed by atoms with Crippen LogP contribution in [0.4, 0.5) is 0 Å². The van der Waals surface area contributed by atoms with Gasteiger partial charge in [-0.1, -0.05) is 30.3 Å². The maximum absolute atomic E-state index is 10.0. The van der Waals surface area contributed by atoms with E-state index in [4.69, 9.17) is 4.74 Å². The van der Waals surface area contributed by atoms with Crippen LogP contribution >= 0.6 is 0 Å². The average Bonchev–Trinajstić information content (AvgIpc) is 2.98. The monoisotopic (exact) mass is 272 g/mol. The number of hydrogen-bond donors (Lipinski definition) is 2. The van der Waals surface area contributed by atoms with Crippen molar-refractivity contribution in [3.63, 3.8) is 0 Å². The van der Waals surface area contributed by atoms with E-state index < -0.39 is 0 Å². The molecule has 0 bridgehead atoms. The van der Waals surface area contributed by atoms with Crippen molar-refractivity contribution in [2.75, 3.05) is 26.2 Å². The van der Waals surface area contributed by atoms with Crippen molar-refractivity contribution in [2.24, 2.45) is 0 Å². The van der Waals surface area contributed by atoms with Gasteiger partial charge in [-0.3, -0.25) is 0 Å². The fourth-order valence-electron chi connectivity index (χ4n) is 2.92. The van der Waals surface area contributed by atoms with Gasteiger partial charge in [-0.2, -0.15) is 0 Å². The summed E-state index contributed by atoms with van der Waals surface area (Å²) in [6, 6.07) is 14.3. The summed E-state index contributed by atoms with van der Waals surface area (Å²) >= 11 is 0. The first-order valence-corrected chi connectivity index (χ1v) is 7.44. The smallest absolute Gasteiger partial charge is 0.137 e. The van der Waals surface area contributed by atoms with E-state index in [1.54, 1.807) is 0 Å². The molecule has 1 aliphatic heterocycles. The number of benzene rings is 2. The van der Waals surface area contributed by atoms with Gasteiger partial charge in [-0.05, 0) is 22.9 Å². The Kier molecular flexibility index (Phi) is 4.19. The molecule has 0 saturated carbocycles. The van der Waals surface area contributed by atoms with Crippen molar-refractivity contribution in [1.82, 2.24) is 0 Å². The van der Waals surface area contributed by atoms with E-state index in [-0.39, 0.29) is 6.10 Å². The van der Waals surface area contributed by atoms with Gasteiger partial charge in [0, 0.05) is 12.8 Å². The molecule has 0 unspecified atom stereocenters. The zero-order valence-corrected chi connectivity index (χ0v) is 11.7. The van der Waals surface area contributed by atoms with Crippen LogP contribution in [0.1, 0.15) is 12.8 Å². The normalized spacial score (nSPS) is 17.4. The van der Waals surface area contributed by atoms with Crippen molar-refractivity contribution in [3.05, 3.63) is 42.5 Å². The molecule has 0 radical (unpaired) electrons. The van der Waals surface area contributed by atoms with E-state index in [9.17, 15) is 5.11 Å². The number of hydrogen-bond acceptors (Lipinski definition) is 2. The number of likely N-dealkylation sites (tertiary alicyclic amines) is 1. The van der Waals surface area contributed by atoms with E-state index in [0.29, 0.717) is 6.61 Å².